The van der Waals surface area contributed by atoms with Gasteiger partial charge in [-0.2, -0.15) is 5.10 Å². The molecule has 0 fully saturated rings. The van der Waals surface area contributed by atoms with Crippen molar-refractivity contribution in [3.63, 3.8) is 0 Å². The number of halogens is 3. The summed E-state index contributed by atoms with van der Waals surface area (Å²) in [6, 6.07) is 2.94. The van der Waals surface area contributed by atoms with Gasteiger partial charge in [0.25, 0.3) is 0 Å². The minimum atomic E-state index is -5.02. The van der Waals surface area contributed by atoms with E-state index in [-0.39, 0.29) is 11.5 Å². The molecule has 0 radical (unpaired) electrons. The van der Waals surface area contributed by atoms with Gasteiger partial charge in [-0.05, 0) is 19.1 Å². The standard InChI is InChI=1S/C12H10F3N5O3/c1-7-6-19(11(16)18-7)17-5-8-2-3-10(23-12(13,14)15)9(4-8)20(21)22/h2-6H,1H3,(H2,16,18). The summed E-state index contributed by atoms with van der Waals surface area (Å²) in [5, 5.41) is 14.8. The van der Waals surface area contributed by atoms with Gasteiger partial charge < -0.3 is 10.5 Å². The molecule has 0 bridgehead atoms. The third kappa shape index (κ3) is 4.18. The van der Waals surface area contributed by atoms with Gasteiger partial charge in [0.15, 0.2) is 0 Å². The number of nitrogens with two attached hydrogens (primary N) is 1. The number of nitro groups is 1. The van der Waals surface area contributed by atoms with Crippen LogP contribution in [0.15, 0.2) is 29.5 Å². The van der Waals surface area contributed by atoms with E-state index in [0.29, 0.717) is 5.69 Å². The molecule has 0 saturated carbocycles. The molecule has 0 atom stereocenters. The van der Waals surface area contributed by atoms with Gasteiger partial charge in [0.2, 0.25) is 11.7 Å². The fourth-order valence-electron chi connectivity index (χ4n) is 1.69. The highest BCUT2D eigenvalue weighted by atomic mass is 19.4. The molecule has 0 spiro atoms. The number of rotatable bonds is 4. The van der Waals surface area contributed by atoms with E-state index in [1.165, 1.54) is 23.2 Å². The summed E-state index contributed by atoms with van der Waals surface area (Å²) in [6.07, 6.45) is -2.31. The third-order valence-electron chi connectivity index (χ3n) is 2.57. The topological polar surface area (TPSA) is 109 Å². The fourth-order valence-corrected chi connectivity index (χ4v) is 1.69. The van der Waals surface area contributed by atoms with E-state index in [2.05, 4.69) is 14.8 Å². The zero-order valence-corrected chi connectivity index (χ0v) is 11.6. The van der Waals surface area contributed by atoms with Gasteiger partial charge in [0.1, 0.15) is 0 Å². The molecule has 1 heterocycles. The van der Waals surface area contributed by atoms with Gasteiger partial charge in [0, 0.05) is 11.6 Å². The Bertz CT molecular complexity index is 770. The molecule has 1 aromatic carbocycles. The second-order valence-corrected chi connectivity index (χ2v) is 4.36. The number of nitrogens with zero attached hydrogens (tertiary/aromatic N) is 4. The third-order valence-corrected chi connectivity index (χ3v) is 2.57. The van der Waals surface area contributed by atoms with E-state index in [9.17, 15) is 23.3 Å². The van der Waals surface area contributed by atoms with Crippen molar-refractivity contribution < 1.29 is 22.8 Å². The molecule has 11 heteroatoms. The number of alkyl halides is 3. The molecule has 23 heavy (non-hydrogen) atoms. The Hall–Kier alpha value is -3.11. The smallest absolute Gasteiger partial charge is 0.398 e. The zero-order valence-electron chi connectivity index (χ0n) is 11.6. The first-order valence-corrected chi connectivity index (χ1v) is 6.06. The average Bonchev–Trinajstić information content (AvgIpc) is 2.74. The molecule has 2 rings (SSSR count). The van der Waals surface area contributed by atoms with Gasteiger partial charge in [-0.25, -0.2) is 9.66 Å². The first kappa shape index (κ1) is 16.3. The Morgan fingerprint density at radius 1 is 1.48 bits per heavy atom. The van der Waals surface area contributed by atoms with Crippen LogP contribution in [0.4, 0.5) is 24.8 Å². The number of hydrogen-bond acceptors (Lipinski definition) is 6. The van der Waals surface area contributed by atoms with E-state index in [0.717, 1.165) is 12.1 Å². The highest BCUT2D eigenvalue weighted by Crippen LogP contribution is 2.32. The number of anilines is 1. The van der Waals surface area contributed by atoms with Crippen LogP contribution in [-0.2, 0) is 0 Å². The molecule has 0 aliphatic carbocycles. The van der Waals surface area contributed by atoms with Gasteiger partial charge in [0.05, 0.1) is 23.0 Å². The van der Waals surface area contributed by atoms with Crippen molar-refractivity contribution in [1.82, 2.24) is 9.66 Å². The zero-order chi connectivity index (χ0) is 17.2. The number of hydrogen-bond donors (Lipinski definition) is 1. The molecule has 2 aromatic rings. The van der Waals surface area contributed by atoms with Crippen molar-refractivity contribution in [2.75, 3.05) is 5.73 Å². The normalized spacial score (nSPS) is 11.8. The van der Waals surface area contributed by atoms with E-state index in [4.69, 9.17) is 5.73 Å². The Labute approximate surface area is 127 Å². The SMILES string of the molecule is Cc1cn(N=Cc2ccc(OC(F)(F)F)c([N+](=O)[O-])c2)c(N)n1. The fraction of sp³-hybridized carbons (Fsp3) is 0.167. The average molecular weight is 329 g/mol. The van der Waals surface area contributed by atoms with Crippen molar-refractivity contribution in [3.05, 3.63) is 45.8 Å². The number of imidazole rings is 1. The Kier molecular flexibility index (Phi) is 4.20. The second kappa shape index (κ2) is 5.94. The van der Waals surface area contributed by atoms with Crippen LogP contribution in [0.5, 0.6) is 5.75 Å². The summed E-state index contributed by atoms with van der Waals surface area (Å²) in [6.45, 7) is 1.69. The first-order chi connectivity index (χ1) is 10.7. The quantitative estimate of drug-likeness (QED) is 0.526. The summed E-state index contributed by atoms with van der Waals surface area (Å²) in [5.41, 5.74) is 5.53. The molecular weight excluding hydrogens is 319 g/mol. The van der Waals surface area contributed by atoms with Gasteiger partial charge in [-0.1, -0.05) is 0 Å². The summed E-state index contributed by atoms with van der Waals surface area (Å²) in [4.78, 5) is 13.8. The predicted molar refractivity (Wildman–Crippen MR) is 74.1 cm³/mol. The van der Waals surface area contributed by atoms with Crippen molar-refractivity contribution >= 4 is 17.9 Å². The van der Waals surface area contributed by atoms with E-state index in [1.54, 1.807) is 6.92 Å². The maximum atomic E-state index is 12.2. The summed E-state index contributed by atoms with van der Waals surface area (Å²) in [7, 11) is 0. The van der Waals surface area contributed by atoms with Crippen molar-refractivity contribution in [2.24, 2.45) is 5.10 Å². The highest BCUT2D eigenvalue weighted by Gasteiger charge is 2.34. The molecule has 0 aliphatic heterocycles. The molecule has 122 valence electrons. The van der Waals surface area contributed by atoms with Crippen LogP contribution >= 0.6 is 0 Å². The van der Waals surface area contributed by atoms with E-state index in [1.807, 2.05) is 0 Å². The van der Waals surface area contributed by atoms with Crippen LogP contribution < -0.4 is 10.5 Å². The minimum Gasteiger partial charge on any atom is -0.398 e. The summed E-state index contributed by atoms with van der Waals surface area (Å²) in [5.74, 6) is -0.803. The molecule has 2 N–H and O–H groups in total. The second-order valence-electron chi connectivity index (χ2n) is 4.36. The Morgan fingerprint density at radius 3 is 2.70 bits per heavy atom. The van der Waals surface area contributed by atoms with Crippen LogP contribution in [0, 0.1) is 17.0 Å². The molecule has 0 unspecified atom stereocenters. The predicted octanol–water partition coefficient (Wildman–Crippen LogP) is 2.46. The van der Waals surface area contributed by atoms with Gasteiger partial charge >= 0.3 is 12.0 Å². The maximum Gasteiger partial charge on any atom is 0.573 e. The lowest BCUT2D eigenvalue weighted by atomic mass is 10.2. The Balaban J connectivity index is 2.32. The molecule has 8 nitrogen and oxygen atoms in total. The number of aromatic nitrogens is 2. The van der Waals surface area contributed by atoms with Crippen molar-refractivity contribution in [3.8, 4) is 5.75 Å². The monoisotopic (exact) mass is 329 g/mol. The first-order valence-electron chi connectivity index (χ1n) is 6.06. The minimum absolute atomic E-state index is 0.102. The Morgan fingerprint density at radius 2 is 2.17 bits per heavy atom. The maximum absolute atomic E-state index is 12.2. The molecular formula is C12H10F3N5O3. The lowest BCUT2D eigenvalue weighted by Crippen LogP contribution is -2.18. The van der Waals surface area contributed by atoms with Crippen LogP contribution in [0.2, 0.25) is 0 Å². The highest BCUT2D eigenvalue weighted by molar-refractivity contribution is 5.81. The summed E-state index contributed by atoms with van der Waals surface area (Å²) < 4.78 is 41.5. The molecule has 1 aromatic heterocycles. The van der Waals surface area contributed by atoms with Crippen molar-refractivity contribution in [2.45, 2.75) is 13.3 Å². The van der Waals surface area contributed by atoms with Crippen LogP contribution in [-0.4, -0.2) is 27.2 Å². The lowest BCUT2D eigenvalue weighted by Gasteiger charge is -2.09. The lowest BCUT2D eigenvalue weighted by molar-refractivity contribution is -0.388. The van der Waals surface area contributed by atoms with E-state index >= 15 is 0 Å². The number of ether oxygens (including phenoxy) is 1. The number of nitrogen functional groups attached to an aromatic ring is 1. The number of aryl methyl sites for hydroxylation is 1. The van der Waals surface area contributed by atoms with Gasteiger partial charge in [-0.3, -0.25) is 10.1 Å². The van der Waals surface area contributed by atoms with Gasteiger partial charge in [-0.15, -0.1) is 13.2 Å². The summed E-state index contributed by atoms with van der Waals surface area (Å²) >= 11 is 0. The van der Waals surface area contributed by atoms with Crippen LogP contribution in [0.3, 0.4) is 0 Å². The van der Waals surface area contributed by atoms with Crippen LogP contribution in [0.1, 0.15) is 11.3 Å². The number of nitro benzene ring substituents is 1. The van der Waals surface area contributed by atoms with Crippen LogP contribution in [0.25, 0.3) is 0 Å². The van der Waals surface area contributed by atoms with Crippen molar-refractivity contribution in [1.29, 1.82) is 0 Å². The molecule has 0 saturated heterocycles. The molecule has 0 amide bonds. The largest absolute Gasteiger partial charge is 0.573 e. The van der Waals surface area contributed by atoms with E-state index < -0.39 is 22.7 Å². The number of benzene rings is 1. The molecule has 0 aliphatic rings.